The maximum atomic E-state index is 12.2. The number of carbonyl (C=O) groups excluding carboxylic acids is 4. The SMILES string of the molecule is CC(C)CCc1ccc(OS(=O)(=O)F)cc1.Cc1ccc(C(=O)NCC(C)C)cc1.Cc1ccc(C(=O)NCC(C)C)cc1.Cc1ccc(CC(C)C)cc1.Cc1ccc(CNCC(C)C)cc1.Cc1cccc(C(=O)NCC(C)C)c1.Cc1cccc(C(=O)NCC(C)C)c1. The molecule has 96 heavy (non-hydrogen) atoms. The number of rotatable bonds is 23. The van der Waals surface area contributed by atoms with Crippen molar-refractivity contribution in [2.24, 2.45) is 41.4 Å². The van der Waals surface area contributed by atoms with Gasteiger partial charge in [-0.05, 0) is 186 Å². The molecule has 14 heteroatoms. The van der Waals surface area contributed by atoms with Crippen molar-refractivity contribution in [3.63, 3.8) is 0 Å². The van der Waals surface area contributed by atoms with Crippen molar-refractivity contribution in [3.05, 3.63) is 242 Å². The lowest BCUT2D eigenvalue weighted by Crippen LogP contribution is -2.27. The van der Waals surface area contributed by atoms with Crippen LogP contribution in [-0.4, -0.2) is 64.8 Å². The second-order valence-electron chi connectivity index (χ2n) is 27.5. The van der Waals surface area contributed by atoms with Crippen molar-refractivity contribution >= 4 is 34.1 Å². The van der Waals surface area contributed by atoms with Crippen LogP contribution < -0.4 is 30.8 Å². The van der Waals surface area contributed by atoms with Crippen LogP contribution in [-0.2, 0) is 29.9 Å². The Hall–Kier alpha value is -7.94. The van der Waals surface area contributed by atoms with Gasteiger partial charge in [-0.15, -0.1) is 0 Å². The third-order valence-electron chi connectivity index (χ3n) is 13.8. The quantitative estimate of drug-likeness (QED) is 0.0394. The fourth-order valence-electron chi connectivity index (χ4n) is 8.27. The molecule has 0 fully saturated rings. The summed E-state index contributed by atoms with van der Waals surface area (Å²) in [5, 5.41) is 15.0. The van der Waals surface area contributed by atoms with Crippen molar-refractivity contribution in [2.45, 2.75) is 164 Å². The molecule has 0 atom stereocenters. The van der Waals surface area contributed by atoms with Gasteiger partial charge in [0.25, 0.3) is 23.6 Å². The number of nitrogens with one attached hydrogen (secondary N) is 5. The first-order chi connectivity index (χ1) is 45.1. The average Bonchev–Trinajstić information content (AvgIpc) is 2.23. The normalized spacial score (nSPS) is 10.6. The van der Waals surface area contributed by atoms with Gasteiger partial charge >= 0.3 is 10.5 Å². The number of carbonyl (C=O) groups is 4. The monoisotopic (exact) mass is 1340 g/mol. The molecule has 0 radical (unpaired) electrons. The number of benzene rings is 7. The molecular weight excluding hydrogens is 1220 g/mol. The van der Waals surface area contributed by atoms with E-state index < -0.39 is 10.5 Å². The van der Waals surface area contributed by atoms with Gasteiger partial charge in [-0.1, -0.05) is 243 Å². The zero-order valence-corrected chi connectivity index (χ0v) is 62.5. The Bertz CT molecular complexity index is 3250. The summed E-state index contributed by atoms with van der Waals surface area (Å²) >= 11 is 0. The standard InChI is InChI=1S/4C12H17NO.C12H19N.C11H15FO3S.C11H16/c2*1-9(2)8-13-12(14)11-6-4-10(3)5-7-11;2*1-9(2)8-13-12(14)11-6-4-5-10(3)7-11;1-10(2)8-13-9-12-6-4-11(3)5-7-12;1-9(2)3-4-10-5-7-11(8-6-10)15-16(12,13)14;1-9(2)8-11-6-4-10(3)5-7-11/h4*4-7,9H,8H2,1-3H3,(H,13,14);4-7,10,13H,8-9H2,1-3H3;5-9H,3-4H2,1-2H3;4-7,9H,8H2,1-3H3. The molecule has 7 aromatic carbocycles. The fourth-order valence-corrected chi connectivity index (χ4v) is 8.61. The van der Waals surface area contributed by atoms with E-state index in [9.17, 15) is 31.5 Å². The Balaban J connectivity index is 0.000000561. The summed E-state index contributed by atoms with van der Waals surface area (Å²) in [5.41, 5.74) is 14.1. The van der Waals surface area contributed by atoms with Gasteiger partial charge in [0.1, 0.15) is 5.75 Å². The Morgan fingerprint density at radius 2 is 0.667 bits per heavy atom. The molecule has 4 amide bonds. The van der Waals surface area contributed by atoms with E-state index in [4.69, 9.17) is 0 Å². The average molecular weight is 1340 g/mol. The molecule has 0 spiro atoms. The third-order valence-corrected chi connectivity index (χ3v) is 14.2. The summed E-state index contributed by atoms with van der Waals surface area (Å²) in [6.07, 6.45) is 3.17. The minimum absolute atomic E-state index is 0.00389. The molecule has 526 valence electrons. The van der Waals surface area contributed by atoms with Crippen molar-refractivity contribution < 1.29 is 35.7 Å². The summed E-state index contributed by atoms with van der Waals surface area (Å²) in [6.45, 7) is 47.1. The third kappa shape index (κ3) is 44.7. The molecule has 0 saturated carbocycles. The van der Waals surface area contributed by atoms with E-state index in [1.165, 1.54) is 51.9 Å². The van der Waals surface area contributed by atoms with Crippen LogP contribution in [0.15, 0.2) is 170 Å². The lowest BCUT2D eigenvalue weighted by molar-refractivity contribution is 0.0941. The highest BCUT2D eigenvalue weighted by atomic mass is 32.3. The largest absolute Gasteiger partial charge is 0.488 e. The number of amides is 4. The van der Waals surface area contributed by atoms with Crippen LogP contribution in [0.4, 0.5) is 3.89 Å². The van der Waals surface area contributed by atoms with E-state index in [2.05, 4.69) is 190 Å². The maximum absolute atomic E-state index is 12.2. The van der Waals surface area contributed by atoms with Crippen LogP contribution in [0.1, 0.15) is 195 Å². The van der Waals surface area contributed by atoms with Gasteiger partial charge in [0.15, 0.2) is 0 Å². The highest BCUT2D eigenvalue weighted by Gasteiger charge is 2.11. The predicted molar refractivity (Wildman–Crippen MR) is 401 cm³/mol. The Morgan fingerprint density at radius 3 is 0.969 bits per heavy atom. The Morgan fingerprint density at radius 1 is 0.354 bits per heavy atom. The van der Waals surface area contributed by atoms with Gasteiger partial charge in [0.2, 0.25) is 0 Å². The number of hydrogen-bond donors (Lipinski definition) is 5. The lowest BCUT2D eigenvalue weighted by Gasteiger charge is -2.07. The first kappa shape index (κ1) is 86.1. The van der Waals surface area contributed by atoms with Gasteiger partial charge in [-0.2, -0.15) is 8.42 Å². The maximum Gasteiger partial charge on any atom is 0.488 e. The summed E-state index contributed by atoms with van der Waals surface area (Å²) in [6, 6.07) is 54.3. The van der Waals surface area contributed by atoms with Gasteiger partial charge in [-0.3, -0.25) is 19.2 Å². The second kappa shape index (κ2) is 47.9. The number of aryl methyl sites for hydroxylation is 7. The van der Waals surface area contributed by atoms with Crippen LogP contribution in [0.25, 0.3) is 0 Å². The molecule has 7 aromatic rings. The minimum atomic E-state index is -4.92. The topological polar surface area (TPSA) is 172 Å². The fraction of sp³-hybridized carbons (Fsp3) is 0.439. The van der Waals surface area contributed by atoms with E-state index in [0.717, 1.165) is 103 Å². The van der Waals surface area contributed by atoms with Crippen LogP contribution in [0, 0.1) is 83.0 Å². The van der Waals surface area contributed by atoms with Crippen LogP contribution >= 0.6 is 0 Å². The van der Waals surface area contributed by atoms with E-state index in [-0.39, 0.29) is 29.4 Å². The Kier molecular flexibility index (Phi) is 42.9. The van der Waals surface area contributed by atoms with E-state index in [0.29, 0.717) is 29.6 Å². The summed E-state index contributed by atoms with van der Waals surface area (Å²) < 4.78 is 36.7. The molecule has 7 rings (SSSR count). The van der Waals surface area contributed by atoms with Crippen molar-refractivity contribution in [2.75, 3.05) is 32.7 Å². The minimum Gasteiger partial charge on any atom is -0.358 e. The molecule has 0 aliphatic carbocycles. The highest BCUT2D eigenvalue weighted by molar-refractivity contribution is 7.81. The van der Waals surface area contributed by atoms with Gasteiger partial charge in [-0.25, -0.2) is 0 Å². The first-order valence-electron chi connectivity index (χ1n) is 34.0. The number of hydrogen-bond acceptors (Lipinski definition) is 8. The van der Waals surface area contributed by atoms with Crippen molar-refractivity contribution in [3.8, 4) is 5.75 Å². The van der Waals surface area contributed by atoms with Gasteiger partial charge in [0.05, 0.1) is 0 Å². The zero-order chi connectivity index (χ0) is 72.3. The molecule has 0 saturated heterocycles. The molecule has 0 aliphatic rings. The summed E-state index contributed by atoms with van der Waals surface area (Å²) in [5.74, 6) is 4.12. The van der Waals surface area contributed by atoms with E-state index >= 15 is 0 Å². The Labute approximate surface area is 579 Å². The molecule has 0 aliphatic heterocycles. The van der Waals surface area contributed by atoms with E-state index in [1.54, 1.807) is 12.1 Å². The molecule has 0 aromatic heterocycles. The van der Waals surface area contributed by atoms with Crippen LogP contribution in [0.2, 0.25) is 0 Å². The van der Waals surface area contributed by atoms with Crippen molar-refractivity contribution in [1.29, 1.82) is 0 Å². The smallest absolute Gasteiger partial charge is 0.358 e. The lowest BCUT2D eigenvalue weighted by atomic mass is 10.0. The molecule has 0 heterocycles. The van der Waals surface area contributed by atoms with Crippen LogP contribution in [0.5, 0.6) is 5.75 Å². The molecule has 12 nitrogen and oxygen atoms in total. The molecule has 0 bridgehead atoms. The molecular formula is C82H118FN5O7S. The van der Waals surface area contributed by atoms with Gasteiger partial charge in [0, 0.05) is 55.0 Å². The van der Waals surface area contributed by atoms with Gasteiger partial charge < -0.3 is 30.8 Å². The molecule has 5 N–H and O–H groups in total. The second-order valence-corrected chi connectivity index (χ2v) is 28.5. The summed E-state index contributed by atoms with van der Waals surface area (Å²) in [7, 11) is -4.92. The van der Waals surface area contributed by atoms with Crippen molar-refractivity contribution in [1.82, 2.24) is 26.6 Å². The summed E-state index contributed by atoms with van der Waals surface area (Å²) in [4.78, 5) is 46.3. The first-order valence-corrected chi connectivity index (χ1v) is 35.4. The predicted octanol–water partition coefficient (Wildman–Crippen LogP) is 18.3. The highest BCUT2D eigenvalue weighted by Crippen LogP contribution is 2.18. The molecule has 0 unspecified atom stereocenters. The van der Waals surface area contributed by atoms with E-state index in [1.807, 2.05) is 125 Å². The zero-order valence-electron chi connectivity index (χ0n) is 61.7. The van der Waals surface area contributed by atoms with Crippen LogP contribution in [0.3, 0.4) is 0 Å². The number of halogens is 1.